The van der Waals surface area contributed by atoms with Crippen molar-refractivity contribution in [1.29, 1.82) is 0 Å². The molecule has 3 rings (SSSR count). The third-order valence-corrected chi connectivity index (χ3v) is 4.65. The summed E-state index contributed by atoms with van der Waals surface area (Å²) in [5.41, 5.74) is 0.899. The molecule has 2 aromatic rings. The van der Waals surface area contributed by atoms with Gasteiger partial charge in [-0.3, -0.25) is 14.4 Å². The second-order valence-electron chi connectivity index (χ2n) is 5.50. The van der Waals surface area contributed by atoms with E-state index >= 15 is 0 Å². The second kappa shape index (κ2) is 6.66. The molecule has 0 unspecified atom stereocenters. The van der Waals surface area contributed by atoms with Crippen molar-refractivity contribution >= 4 is 21.8 Å². The predicted octanol–water partition coefficient (Wildman–Crippen LogP) is 1.89. The van der Waals surface area contributed by atoms with Gasteiger partial charge in [-0.2, -0.15) is 5.10 Å². The van der Waals surface area contributed by atoms with Crippen LogP contribution in [0.15, 0.2) is 33.5 Å². The number of carbonyl (C=O) groups excluding carboxylic acids is 1. The highest BCUT2D eigenvalue weighted by Crippen LogP contribution is 2.14. The lowest BCUT2D eigenvalue weighted by atomic mass is 10.3. The van der Waals surface area contributed by atoms with Crippen molar-refractivity contribution in [3.8, 4) is 0 Å². The number of rotatable bonds is 4. The average Bonchev–Trinajstić information content (AvgIpc) is 3.10. The van der Waals surface area contributed by atoms with Gasteiger partial charge in [0.2, 0.25) is 5.91 Å². The van der Waals surface area contributed by atoms with Crippen molar-refractivity contribution in [2.45, 2.75) is 20.0 Å². The molecule has 0 aliphatic carbocycles. The van der Waals surface area contributed by atoms with Gasteiger partial charge in [0.1, 0.15) is 12.3 Å². The Labute approximate surface area is 137 Å². The maximum absolute atomic E-state index is 12.3. The number of furan rings is 1. The molecule has 0 saturated carbocycles. The molecule has 2 aromatic heterocycles. The molecular weight excluding hydrogens is 348 g/mol. The molecule has 0 bridgehead atoms. The first-order chi connectivity index (χ1) is 10.6. The van der Waals surface area contributed by atoms with Crippen LogP contribution in [-0.4, -0.2) is 51.7 Å². The zero-order chi connectivity index (χ0) is 15.5. The van der Waals surface area contributed by atoms with Crippen LogP contribution >= 0.6 is 15.9 Å². The smallest absolute Gasteiger partial charge is 0.244 e. The molecule has 6 nitrogen and oxygen atoms in total. The van der Waals surface area contributed by atoms with E-state index in [0.29, 0.717) is 6.54 Å². The fourth-order valence-electron chi connectivity index (χ4n) is 2.59. The van der Waals surface area contributed by atoms with E-state index in [-0.39, 0.29) is 5.91 Å². The first-order valence-electron chi connectivity index (χ1n) is 7.34. The van der Waals surface area contributed by atoms with E-state index in [1.54, 1.807) is 10.9 Å². The zero-order valence-corrected chi connectivity index (χ0v) is 14.1. The number of aromatic nitrogens is 2. The number of carbonyl (C=O) groups is 1. The number of aryl methyl sites for hydroxylation is 1. The Morgan fingerprint density at radius 1 is 1.36 bits per heavy atom. The van der Waals surface area contributed by atoms with Crippen molar-refractivity contribution in [3.05, 3.63) is 40.5 Å². The molecule has 1 amide bonds. The lowest BCUT2D eigenvalue weighted by Crippen LogP contribution is -2.49. The Hall–Kier alpha value is -1.60. The molecule has 0 spiro atoms. The summed E-state index contributed by atoms with van der Waals surface area (Å²) in [4.78, 5) is 16.5. The number of hydrogen-bond acceptors (Lipinski definition) is 4. The van der Waals surface area contributed by atoms with E-state index < -0.39 is 0 Å². The van der Waals surface area contributed by atoms with Gasteiger partial charge in [0.15, 0.2) is 0 Å². The van der Waals surface area contributed by atoms with Crippen molar-refractivity contribution in [3.63, 3.8) is 0 Å². The van der Waals surface area contributed by atoms with Crippen molar-refractivity contribution < 1.29 is 9.21 Å². The third-order valence-electron chi connectivity index (χ3n) is 3.87. The summed E-state index contributed by atoms with van der Waals surface area (Å²) in [5, 5.41) is 4.31. The van der Waals surface area contributed by atoms with Gasteiger partial charge in [0.05, 0.1) is 23.0 Å². The standard InChI is InChI=1S/C15H19BrN4O2/c1-12-14(16)10-20(17-12)11-15(21)19-6-4-18(5-7-19)9-13-3-2-8-22-13/h2-3,8,10H,4-7,9,11H2,1H3. The summed E-state index contributed by atoms with van der Waals surface area (Å²) in [6.07, 6.45) is 3.54. The van der Waals surface area contributed by atoms with Crippen LogP contribution < -0.4 is 0 Å². The Balaban J connectivity index is 1.49. The van der Waals surface area contributed by atoms with Crippen LogP contribution in [0.2, 0.25) is 0 Å². The SMILES string of the molecule is Cc1nn(CC(=O)N2CCN(Cc3ccco3)CC2)cc1Br. The number of amides is 1. The predicted molar refractivity (Wildman–Crippen MR) is 85.2 cm³/mol. The van der Waals surface area contributed by atoms with Crippen LogP contribution in [0.25, 0.3) is 0 Å². The van der Waals surface area contributed by atoms with E-state index in [1.165, 1.54) is 0 Å². The number of hydrogen-bond donors (Lipinski definition) is 0. The van der Waals surface area contributed by atoms with Gasteiger partial charge < -0.3 is 9.32 Å². The van der Waals surface area contributed by atoms with Gasteiger partial charge in [-0.25, -0.2) is 0 Å². The summed E-state index contributed by atoms with van der Waals surface area (Å²) < 4.78 is 7.99. The average molecular weight is 367 g/mol. The summed E-state index contributed by atoms with van der Waals surface area (Å²) in [6.45, 7) is 6.26. The molecule has 0 radical (unpaired) electrons. The minimum Gasteiger partial charge on any atom is -0.468 e. The zero-order valence-electron chi connectivity index (χ0n) is 12.5. The van der Waals surface area contributed by atoms with Gasteiger partial charge in [-0.05, 0) is 35.0 Å². The van der Waals surface area contributed by atoms with Crippen molar-refractivity contribution in [2.75, 3.05) is 26.2 Å². The summed E-state index contributed by atoms with van der Waals surface area (Å²) in [5.74, 6) is 1.09. The largest absolute Gasteiger partial charge is 0.468 e. The van der Waals surface area contributed by atoms with Gasteiger partial charge in [-0.1, -0.05) is 0 Å². The highest BCUT2D eigenvalue weighted by atomic mass is 79.9. The van der Waals surface area contributed by atoms with Crippen LogP contribution in [0, 0.1) is 6.92 Å². The van der Waals surface area contributed by atoms with Crippen LogP contribution in [0.1, 0.15) is 11.5 Å². The van der Waals surface area contributed by atoms with Gasteiger partial charge in [0.25, 0.3) is 0 Å². The van der Waals surface area contributed by atoms with Gasteiger partial charge >= 0.3 is 0 Å². The van der Waals surface area contributed by atoms with Gasteiger partial charge in [-0.15, -0.1) is 0 Å². The molecule has 3 heterocycles. The van der Waals surface area contributed by atoms with Crippen molar-refractivity contribution in [1.82, 2.24) is 19.6 Å². The molecule has 0 aromatic carbocycles. The Bertz CT molecular complexity index is 611. The lowest BCUT2D eigenvalue weighted by molar-refractivity contribution is -0.133. The topological polar surface area (TPSA) is 54.5 Å². The maximum atomic E-state index is 12.3. The summed E-state index contributed by atoms with van der Waals surface area (Å²) >= 11 is 3.41. The molecule has 7 heteroatoms. The molecule has 22 heavy (non-hydrogen) atoms. The Morgan fingerprint density at radius 2 is 2.14 bits per heavy atom. The fourth-order valence-corrected chi connectivity index (χ4v) is 2.91. The monoisotopic (exact) mass is 366 g/mol. The first-order valence-corrected chi connectivity index (χ1v) is 8.13. The fraction of sp³-hybridized carbons (Fsp3) is 0.467. The highest BCUT2D eigenvalue weighted by Gasteiger charge is 2.22. The second-order valence-corrected chi connectivity index (χ2v) is 6.35. The number of piperazine rings is 1. The van der Waals surface area contributed by atoms with Crippen LogP contribution in [0.3, 0.4) is 0 Å². The number of halogens is 1. The lowest BCUT2D eigenvalue weighted by Gasteiger charge is -2.34. The molecular formula is C15H19BrN4O2. The van der Waals surface area contributed by atoms with E-state index in [0.717, 1.165) is 48.7 Å². The van der Waals surface area contributed by atoms with Crippen LogP contribution in [-0.2, 0) is 17.9 Å². The molecule has 1 saturated heterocycles. The molecule has 118 valence electrons. The summed E-state index contributed by atoms with van der Waals surface area (Å²) in [6, 6.07) is 3.88. The molecule has 1 aliphatic rings. The summed E-state index contributed by atoms with van der Waals surface area (Å²) in [7, 11) is 0. The maximum Gasteiger partial charge on any atom is 0.244 e. The van der Waals surface area contributed by atoms with Crippen LogP contribution in [0.5, 0.6) is 0 Å². The molecule has 0 atom stereocenters. The highest BCUT2D eigenvalue weighted by molar-refractivity contribution is 9.10. The molecule has 0 N–H and O–H groups in total. The number of nitrogens with zero attached hydrogens (tertiary/aromatic N) is 4. The first kappa shape index (κ1) is 15.3. The van der Waals surface area contributed by atoms with E-state index in [1.807, 2.05) is 30.2 Å². The van der Waals surface area contributed by atoms with E-state index in [4.69, 9.17) is 4.42 Å². The molecule has 1 aliphatic heterocycles. The molecule has 1 fully saturated rings. The van der Waals surface area contributed by atoms with E-state index in [2.05, 4.69) is 25.9 Å². The van der Waals surface area contributed by atoms with Crippen molar-refractivity contribution in [2.24, 2.45) is 0 Å². The quantitative estimate of drug-likeness (QED) is 0.828. The Morgan fingerprint density at radius 3 is 2.73 bits per heavy atom. The minimum absolute atomic E-state index is 0.118. The minimum atomic E-state index is 0.118. The van der Waals surface area contributed by atoms with E-state index in [9.17, 15) is 4.79 Å². The third kappa shape index (κ3) is 3.59. The normalized spacial score (nSPS) is 16.2. The van der Waals surface area contributed by atoms with Gasteiger partial charge in [0, 0.05) is 32.4 Å². The van der Waals surface area contributed by atoms with Crippen LogP contribution in [0.4, 0.5) is 0 Å². The Kier molecular flexibility index (Phi) is 4.63.